The summed E-state index contributed by atoms with van der Waals surface area (Å²) in [7, 11) is 0. The van der Waals surface area contributed by atoms with E-state index in [1.54, 1.807) is 11.8 Å². The summed E-state index contributed by atoms with van der Waals surface area (Å²) in [5.41, 5.74) is 2.97. The van der Waals surface area contributed by atoms with Crippen LogP contribution in [0.2, 0.25) is 0 Å². The molecule has 1 aliphatic heterocycles. The Labute approximate surface area is 181 Å². The molecule has 0 saturated carbocycles. The molecule has 3 heterocycles. The monoisotopic (exact) mass is 430 g/mol. The Kier molecular flexibility index (Phi) is 5.55. The maximum Gasteiger partial charge on any atom is 0.410 e. The number of aromatic carboxylic acids is 1. The molecule has 9 heteroatoms. The maximum absolute atomic E-state index is 12.2. The standard InChI is InChI=1S/C22H30N4O5/c1-14-17-16(30-19(14)20(27)28)6-5-15-13-26(23-18(15)17)12-9-24-7-10-25(11-8-24)21(29)31-22(2,3)4/h13H,5-12H2,1-4H3,(H,27,28). The maximum atomic E-state index is 12.2. The molecule has 168 valence electrons. The number of carbonyl (C=O) groups excluding carboxylic acids is 1. The molecule has 1 N–H and O–H groups in total. The lowest BCUT2D eigenvalue weighted by molar-refractivity contribution is 0.0142. The molecule has 1 amide bonds. The molecular weight excluding hydrogens is 400 g/mol. The highest BCUT2D eigenvalue weighted by Gasteiger charge is 2.30. The van der Waals surface area contributed by atoms with Crippen LogP contribution in [0.3, 0.4) is 0 Å². The molecule has 0 aromatic carbocycles. The van der Waals surface area contributed by atoms with Crippen LogP contribution in [0.1, 0.15) is 48.2 Å². The van der Waals surface area contributed by atoms with Gasteiger partial charge in [0.2, 0.25) is 5.76 Å². The minimum Gasteiger partial charge on any atom is -0.475 e. The molecule has 1 fully saturated rings. The summed E-state index contributed by atoms with van der Waals surface area (Å²) in [5, 5.41) is 14.1. The van der Waals surface area contributed by atoms with Crippen molar-refractivity contribution in [1.29, 1.82) is 0 Å². The molecule has 0 radical (unpaired) electrons. The molecule has 0 spiro atoms. The summed E-state index contributed by atoms with van der Waals surface area (Å²) in [5.74, 6) is -0.320. The summed E-state index contributed by atoms with van der Waals surface area (Å²) in [6.07, 6.45) is 3.29. The first-order chi connectivity index (χ1) is 14.6. The van der Waals surface area contributed by atoms with Gasteiger partial charge in [-0.2, -0.15) is 5.10 Å². The Balaban J connectivity index is 1.36. The van der Waals surface area contributed by atoms with E-state index < -0.39 is 11.6 Å². The number of fused-ring (bicyclic) bond motifs is 3. The van der Waals surface area contributed by atoms with Crippen LogP contribution in [-0.4, -0.2) is 75.1 Å². The van der Waals surface area contributed by atoms with Gasteiger partial charge in [-0.15, -0.1) is 0 Å². The molecule has 9 nitrogen and oxygen atoms in total. The molecule has 2 aromatic heterocycles. The van der Waals surface area contributed by atoms with E-state index in [0.717, 1.165) is 49.4 Å². The van der Waals surface area contributed by atoms with Crippen LogP contribution < -0.4 is 0 Å². The first kappa shape index (κ1) is 21.4. The molecule has 4 rings (SSSR count). The number of amides is 1. The molecule has 0 atom stereocenters. The van der Waals surface area contributed by atoms with Gasteiger partial charge in [-0.25, -0.2) is 9.59 Å². The smallest absolute Gasteiger partial charge is 0.410 e. The molecule has 1 aliphatic carbocycles. The number of carboxylic acids is 1. The van der Waals surface area contributed by atoms with Crippen molar-refractivity contribution in [3.63, 3.8) is 0 Å². The number of aromatic nitrogens is 2. The highest BCUT2D eigenvalue weighted by molar-refractivity contribution is 5.90. The minimum atomic E-state index is -1.04. The third-order valence-corrected chi connectivity index (χ3v) is 5.78. The fraction of sp³-hybridized carbons (Fsp3) is 0.591. The van der Waals surface area contributed by atoms with Crippen LogP contribution >= 0.6 is 0 Å². The predicted octanol–water partition coefficient (Wildman–Crippen LogP) is 2.80. The lowest BCUT2D eigenvalue weighted by Crippen LogP contribution is -2.50. The van der Waals surface area contributed by atoms with Gasteiger partial charge in [-0.1, -0.05) is 0 Å². The SMILES string of the molecule is Cc1c(C(=O)O)oc2c1-c1nn(CCN3CCN(C(=O)OC(C)(C)C)CC3)cc1CC2. The number of piperazine rings is 1. The van der Waals surface area contributed by atoms with Crippen LogP contribution in [0.15, 0.2) is 10.6 Å². The van der Waals surface area contributed by atoms with Crippen LogP contribution in [0.5, 0.6) is 0 Å². The van der Waals surface area contributed by atoms with E-state index in [4.69, 9.17) is 14.3 Å². The summed E-state index contributed by atoms with van der Waals surface area (Å²) < 4.78 is 13.0. The van der Waals surface area contributed by atoms with Crippen molar-refractivity contribution in [3.05, 3.63) is 28.8 Å². The second-order valence-electron chi connectivity index (χ2n) is 9.23. The number of ether oxygens (including phenoxy) is 1. The highest BCUT2D eigenvalue weighted by atomic mass is 16.6. The minimum absolute atomic E-state index is 0.00950. The quantitative estimate of drug-likeness (QED) is 0.796. The molecule has 2 aromatic rings. The number of carboxylic acid groups (broad SMARTS) is 1. The third kappa shape index (κ3) is 4.46. The lowest BCUT2D eigenvalue weighted by atomic mass is 9.94. The number of carbonyl (C=O) groups is 2. The number of furan rings is 1. The molecule has 31 heavy (non-hydrogen) atoms. The number of hydrogen-bond donors (Lipinski definition) is 1. The van der Waals surface area contributed by atoms with Crippen molar-refractivity contribution in [2.45, 2.75) is 52.7 Å². The second kappa shape index (κ2) is 8.03. The van der Waals surface area contributed by atoms with Gasteiger partial charge in [0, 0.05) is 56.5 Å². The zero-order chi connectivity index (χ0) is 22.3. The number of hydrogen-bond acceptors (Lipinski definition) is 6. The Morgan fingerprint density at radius 2 is 1.87 bits per heavy atom. The predicted molar refractivity (Wildman–Crippen MR) is 113 cm³/mol. The second-order valence-corrected chi connectivity index (χ2v) is 9.23. The molecular formula is C22H30N4O5. The first-order valence-corrected chi connectivity index (χ1v) is 10.7. The van der Waals surface area contributed by atoms with E-state index >= 15 is 0 Å². The van der Waals surface area contributed by atoms with Gasteiger partial charge in [-0.05, 0) is 39.7 Å². The van der Waals surface area contributed by atoms with Gasteiger partial charge in [0.1, 0.15) is 11.4 Å². The van der Waals surface area contributed by atoms with E-state index in [1.807, 2.05) is 25.5 Å². The van der Waals surface area contributed by atoms with Crippen molar-refractivity contribution in [2.24, 2.45) is 0 Å². The highest BCUT2D eigenvalue weighted by Crippen LogP contribution is 2.38. The third-order valence-electron chi connectivity index (χ3n) is 5.78. The van der Waals surface area contributed by atoms with Crippen molar-refractivity contribution < 1.29 is 23.8 Å². The van der Waals surface area contributed by atoms with E-state index in [0.29, 0.717) is 30.8 Å². The van der Waals surface area contributed by atoms with E-state index in [2.05, 4.69) is 11.1 Å². The van der Waals surface area contributed by atoms with Crippen molar-refractivity contribution in [1.82, 2.24) is 19.6 Å². The first-order valence-electron chi connectivity index (χ1n) is 10.7. The van der Waals surface area contributed by atoms with E-state index in [-0.39, 0.29) is 11.9 Å². The fourth-order valence-electron chi connectivity index (χ4n) is 4.21. The Morgan fingerprint density at radius 1 is 1.16 bits per heavy atom. The largest absolute Gasteiger partial charge is 0.475 e. The Morgan fingerprint density at radius 3 is 2.52 bits per heavy atom. The number of rotatable bonds is 4. The fourth-order valence-corrected chi connectivity index (χ4v) is 4.21. The Hall–Kier alpha value is -2.81. The average molecular weight is 431 g/mol. The van der Waals surface area contributed by atoms with Crippen LogP contribution in [0.4, 0.5) is 4.79 Å². The lowest BCUT2D eigenvalue weighted by Gasteiger charge is -2.35. The number of nitrogens with zero attached hydrogens (tertiary/aromatic N) is 4. The molecule has 1 saturated heterocycles. The molecule has 0 unspecified atom stereocenters. The van der Waals surface area contributed by atoms with Crippen molar-refractivity contribution >= 4 is 12.1 Å². The zero-order valence-electron chi connectivity index (χ0n) is 18.6. The topological polar surface area (TPSA) is 101 Å². The van der Waals surface area contributed by atoms with E-state index in [1.165, 1.54) is 0 Å². The van der Waals surface area contributed by atoms with Gasteiger partial charge in [0.05, 0.1) is 12.2 Å². The van der Waals surface area contributed by atoms with Crippen LogP contribution in [0, 0.1) is 6.92 Å². The molecule has 0 bridgehead atoms. The van der Waals surface area contributed by atoms with Gasteiger partial charge >= 0.3 is 12.1 Å². The normalized spacial score (nSPS) is 16.7. The number of aryl methyl sites for hydroxylation is 2. The van der Waals surface area contributed by atoms with Crippen molar-refractivity contribution in [3.8, 4) is 11.3 Å². The average Bonchev–Trinajstić information content (AvgIpc) is 3.26. The molecule has 2 aliphatic rings. The van der Waals surface area contributed by atoms with Gasteiger partial charge < -0.3 is 19.2 Å². The van der Waals surface area contributed by atoms with Crippen molar-refractivity contribution in [2.75, 3.05) is 32.7 Å². The summed E-state index contributed by atoms with van der Waals surface area (Å²) >= 11 is 0. The summed E-state index contributed by atoms with van der Waals surface area (Å²) in [4.78, 5) is 27.7. The van der Waals surface area contributed by atoms with Crippen LogP contribution in [-0.2, 0) is 24.1 Å². The van der Waals surface area contributed by atoms with Gasteiger partial charge in [0.15, 0.2) is 0 Å². The zero-order valence-corrected chi connectivity index (χ0v) is 18.6. The van der Waals surface area contributed by atoms with Gasteiger partial charge in [-0.3, -0.25) is 9.58 Å². The van der Waals surface area contributed by atoms with Gasteiger partial charge in [0.25, 0.3) is 0 Å². The summed E-state index contributed by atoms with van der Waals surface area (Å²) in [6, 6.07) is 0. The van der Waals surface area contributed by atoms with E-state index in [9.17, 15) is 14.7 Å². The van der Waals surface area contributed by atoms with Crippen LogP contribution in [0.25, 0.3) is 11.3 Å². The Bertz CT molecular complexity index is 992. The summed E-state index contributed by atoms with van der Waals surface area (Å²) in [6.45, 7) is 11.9.